The minimum absolute atomic E-state index is 0.00776. The van der Waals surface area contributed by atoms with Crippen LogP contribution in [0.25, 0.3) is 0 Å². The molecule has 1 aromatic rings. The van der Waals surface area contributed by atoms with E-state index in [9.17, 15) is 34.2 Å². The van der Waals surface area contributed by atoms with Gasteiger partial charge in [0.1, 0.15) is 23.9 Å². The van der Waals surface area contributed by atoms with Crippen LogP contribution in [-0.4, -0.2) is 71.0 Å². The van der Waals surface area contributed by atoms with E-state index in [-0.39, 0.29) is 18.6 Å². The lowest BCUT2D eigenvalue weighted by Crippen LogP contribution is -2.57. The first-order valence-electron chi connectivity index (χ1n) is 10.7. The number of unbranched alkanes of at least 4 members (excludes halogenated alkanes) is 1. The number of carbonyl (C=O) groups excluding carboxylic acids is 4. The Morgan fingerprint density at radius 3 is 1.97 bits per heavy atom. The molecule has 13 heteroatoms. The molecule has 0 radical (unpaired) electrons. The molecule has 0 aliphatic heterocycles. The minimum Gasteiger partial charge on any atom is -0.508 e. The van der Waals surface area contributed by atoms with Crippen LogP contribution in [0.4, 0.5) is 0 Å². The van der Waals surface area contributed by atoms with Crippen molar-refractivity contribution in [3.05, 3.63) is 29.8 Å². The van der Waals surface area contributed by atoms with Crippen LogP contribution >= 0.6 is 0 Å². The van der Waals surface area contributed by atoms with Gasteiger partial charge < -0.3 is 43.4 Å². The number of nitrogens with two attached hydrogens (primary N) is 3. The summed E-state index contributed by atoms with van der Waals surface area (Å²) < 4.78 is 0. The number of aliphatic carboxylic acids is 1. The number of rotatable bonds is 15. The average molecular weight is 481 g/mol. The van der Waals surface area contributed by atoms with Gasteiger partial charge in [0.15, 0.2) is 0 Å². The van der Waals surface area contributed by atoms with E-state index in [0.29, 0.717) is 24.9 Å². The SMILES string of the molecule is NCCCCC(NC(=O)C(CC(N)=O)NC(=O)C(Cc1ccc(O)cc1)NC(=O)CN)C(=O)O. The molecular formula is C21H32N6O7. The lowest BCUT2D eigenvalue weighted by atomic mass is 10.0. The molecule has 1 aromatic carbocycles. The van der Waals surface area contributed by atoms with Gasteiger partial charge in [0, 0.05) is 6.42 Å². The Morgan fingerprint density at radius 2 is 1.44 bits per heavy atom. The van der Waals surface area contributed by atoms with E-state index in [1.54, 1.807) is 0 Å². The molecule has 0 aromatic heterocycles. The molecule has 34 heavy (non-hydrogen) atoms. The molecule has 1 rings (SSSR count). The van der Waals surface area contributed by atoms with Gasteiger partial charge in [-0.2, -0.15) is 0 Å². The maximum atomic E-state index is 12.9. The van der Waals surface area contributed by atoms with Gasteiger partial charge in [-0.1, -0.05) is 12.1 Å². The number of hydrogen-bond donors (Lipinski definition) is 8. The number of phenolic OH excluding ortho intramolecular Hbond substituents is 1. The van der Waals surface area contributed by atoms with Gasteiger partial charge in [-0.05, 0) is 43.5 Å². The van der Waals surface area contributed by atoms with Gasteiger partial charge in [0.05, 0.1) is 13.0 Å². The number of carboxylic acids is 1. The Bertz CT molecular complexity index is 862. The zero-order valence-electron chi connectivity index (χ0n) is 18.7. The summed E-state index contributed by atoms with van der Waals surface area (Å²) in [5.41, 5.74) is 16.5. The van der Waals surface area contributed by atoms with Crippen LogP contribution in [0.5, 0.6) is 5.75 Å². The van der Waals surface area contributed by atoms with E-state index >= 15 is 0 Å². The third kappa shape index (κ3) is 10.3. The van der Waals surface area contributed by atoms with Crippen molar-refractivity contribution >= 4 is 29.6 Å². The molecule has 188 valence electrons. The van der Waals surface area contributed by atoms with Crippen LogP contribution in [-0.2, 0) is 30.4 Å². The Hall–Kier alpha value is -3.71. The molecule has 13 nitrogen and oxygen atoms in total. The summed E-state index contributed by atoms with van der Waals surface area (Å²) in [4.78, 5) is 60.4. The molecule has 0 aliphatic carbocycles. The van der Waals surface area contributed by atoms with Crippen LogP contribution < -0.4 is 33.2 Å². The van der Waals surface area contributed by atoms with Gasteiger partial charge in [0.25, 0.3) is 0 Å². The normalized spacial score (nSPS) is 13.2. The van der Waals surface area contributed by atoms with Gasteiger partial charge in [-0.15, -0.1) is 0 Å². The molecule has 0 saturated carbocycles. The van der Waals surface area contributed by atoms with Crippen molar-refractivity contribution in [2.24, 2.45) is 17.2 Å². The fourth-order valence-corrected chi connectivity index (χ4v) is 3.04. The quantitative estimate of drug-likeness (QED) is 0.123. The van der Waals surface area contributed by atoms with Crippen molar-refractivity contribution in [3.8, 4) is 5.75 Å². The van der Waals surface area contributed by atoms with E-state index < -0.39 is 60.7 Å². The second kappa shape index (κ2) is 14.4. The fraction of sp³-hybridized carbons (Fsp3) is 0.476. The highest BCUT2D eigenvalue weighted by molar-refractivity contribution is 5.95. The van der Waals surface area contributed by atoms with Crippen LogP contribution in [0.15, 0.2) is 24.3 Å². The third-order valence-electron chi connectivity index (χ3n) is 4.81. The number of benzene rings is 1. The molecule has 0 bridgehead atoms. The number of carbonyl (C=O) groups is 5. The standard InChI is InChI=1S/C21H32N6O7/c22-8-2-1-3-14(21(33)34)26-20(32)16(10-17(24)29)27-19(31)15(25-18(30)11-23)9-12-4-6-13(28)7-5-12/h4-7,14-16,28H,1-3,8-11,22-23H2,(H2,24,29)(H,25,30)(H,26,32)(H,27,31)(H,33,34). The number of aromatic hydroxyl groups is 1. The summed E-state index contributed by atoms with van der Waals surface area (Å²) in [6.07, 6.45) is 0.496. The third-order valence-corrected chi connectivity index (χ3v) is 4.81. The molecule has 4 amide bonds. The van der Waals surface area contributed by atoms with Crippen LogP contribution in [0, 0.1) is 0 Å². The van der Waals surface area contributed by atoms with Crippen molar-refractivity contribution in [2.75, 3.05) is 13.1 Å². The number of hydrogen-bond acceptors (Lipinski definition) is 8. The number of nitrogens with one attached hydrogen (secondary N) is 3. The Balaban J connectivity index is 3.00. The molecule has 3 atom stereocenters. The number of phenols is 1. The predicted octanol–water partition coefficient (Wildman–Crippen LogP) is -2.56. The van der Waals surface area contributed by atoms with Gasteiger partial charge in [0.2, 0.25) is 23.6 Å². The summed E-state index contributed by atoms with van der Waals surface area (Å²) >= 11 is 0. The Morgan fingerprint density at radius 1 is 0.853 bits per heavy atom. The fourth-order valence-electron chi connectivity index (χ4n) is 3.04. The van der Waals surface area contributed by atoms with Gasteiger partial charge >= 0.3 is 5.97 Å². The lowest BCUT2D eigenvalue weighted by molar-refractivity contribution is -0.142. The summed E-state index contributed by atoms with van der Waals surface area (Å²) in [5, 5.41) is 25.9. The first-order chi connectivity index (χ1) is 16.1. The molecular weight excluding hydrogens is 448 g/mol. The predicted molar refractivity (Wildman–Crippen MR) is 121 cm³/mol. The maximum Gasteiger partial charge on any atom is 0.326 e. The van der Waals surface area contributed by atoms with Crippen LogP contribution in [0.1, 0.15) is 31.2 Å². The largest absolute Gasteiger partial charge is 0.508 e. The van der Waals surface area contributed by atoms with Gasteiger partial charge in [-0.3, -0.25) is 19.2 Å². The van der Waals surface area contributed by atoms with E-state index in [1.807, 2.05) is 0 Å². The molecule has 0 spiro atoms. The molecule has 0 aliphatic rings. The molecule has 0 fully saturated rings. The number of primary amides is 1. The van der Waals surface area contributed by atoms with E-state index in [2.05, 4.69) is 16.0 Å². The Labute approximate surface area is 196 Å². The topological polar surface area (TPSA) is 240 Å². The molecule has 11 N–H and O–H groups in total. The van der Waals surface area contributed by atoms with E-state index in [4.69, 9.17) is 17.2 Å². The Kier molecular flexibility index (Phi) is 12.0. The first-order valence-corrected chi connectivity index (χ1v) is 10.7. The summed E-state index contributed by atoms with van der Waals surface area (Å²) in [6, 6.07) is 1.97. The highest BCUT2D eigenvalue weighted by Crippen LogP contribution is 2.12. The monoisotopic (exact) mass is 480 g/mol. The number of amides is 4. The average Bonchev–Trinajstić information content (AvgIpc) is 2.78. The van der Waals surface area contributed by atoms with Gasteiger partial charge in [-0.25, -0.2) is 4.79 Å². The van der Waals surface area contributed by atoms with Crippen molar-refractivity contribution in [1.29, 1.82) is 0 Å². The maximum absolute atomic E-state index is 12.9. The smallest absolute Gasteiger partial charge is 0.326 e. The summed E-state index contributed by atoms with van der Waals surface area (Å²) in [5.74, 6) is -4.55. The summed E-state index contributed by atoms with van der Waals surface area (Å²) in [7, 11) is 0. The van der Waals surface area contributed by atoms with E-state index in [0.717, 1.165) is 0 Å². The molecule has 3 unspecified atom stereocenters. The summed E-state index contributed by atoms with van der Waals surface area (Å²) in [6.45, 7) is -0.0365. The van der Waals surface area contributed by atoms with Crippen molar-refractivity contribution < 1.29 is 34.2 Å². The highest BCUT2D eigenvalue weighted by Gasteiger charge is 2.30. The van der Waals surface area contributed by atoms with Crippen molar-refractivity contribution in [2.45, 2.75) is 50.2 Å². The molecule has 0 saturated heterocycles. The second-order valence-electron chi connectivity index (χ2n) is 7.61. The van der Waals surface area contributed by atoms with Crippen molar-refractivity contribution in [1.82, 2.24) is 16.0 Å². The van der Waals surface area contributed by atoms with E-state index in [1.165, 1.54) is 24.3 Å². The zero-order valence-corrected chi connectivity index (χ0v) is 18.7. The highest BCUT2D eigenvalue weighted by atomic mass is 16.4. The minimum atomic E-state index is -1.47. The second-order valence-corrected chi connectivity index (χ2v) is 7.61. The van der Waals surface area contributed by atoms with Crippen LogP contribution in [0.2, 0.25) is 0 Å². The number of carboxylic acid groups (broad SMARTS) is 1. The zero-order chi connectivity index (χ0) is 25.7. The lowest BCUT2D eigenvalue weighted by Gasteiger charge is -2.24. The van der Waals surface area contributed by atoms with Crippen LogP contribution in [0.3, 0.4) is 0 Å². The first kappa shape index (κ1) is 28.3. The van der Waals surface area contributed by atoms with Crippen molar-refractivity contribution in [3.63, 3.8) is 0 Å². The molecule has 0 heterocycles.